The van der Waals surface area contributed by atoms with Gasteiger partial charge in [-0.05, 0) is 36.5 Å². The predicted octanol–water partition coefficient (Wildman–Crippen LogP) is 3.92. The van der Waals surface area contributed by atoms with Gasteiger partial charge in [0.05, 0.1) is 0 Å². The van der Waals surface area contributed by atoms with Crippen molar-refractivity contribution in [2.75, 3.05) is 6.54 Å². The summed E-state index contributed by atoms with van der Waals surface area (Å²) < 4.78 is 0.934. The van der Waals surface area contributed by atoms with E-state index in [2.05, 4.69) is 42.0 Å². The molecule has 1 N–H and O–H groups in total. The summed E-state index contributed by atoms with van der Waals surface area (Å²) in [6.07, 6.45) is 0.978. The zero-order valence-corrected chi connectivity index (χ0v) is 12.5. The average molecular weight is 298 g/mol. The van der Waals surface area contributed by atoms with Crippen LogP contribution in [-0.2, 0) is 0 Å². The summed E-state index contributed by atoms with van der Waals surface area (Å²) in [5.74, 6) is 0.00745. The maximum absolute atomic E-state index is 12.0. The van der Waals surface area contributed by atoms with Crippen molar-refractivity contribution in [2.24, 2.45) is 5.41 Å². The number of nitrogens with one attached hydrogen (secondary N) is 1. The highest BCUT2D eigenvalue weighted by molar-refractivity contribution is 9.10. The molecule has 0 aliphatic heterocycles. The maximum Gasteiger partial charge on any atom is 0.251 e. The molecule has 0 aliphatic rings. The van der Waals surface area contributed by atoms with Crippen molar-refractivity contribution in [1.82, 2.24) is 5.32 Å². The lowest BCUT2D eigenvalue weighted by Crippen LogP contribution is -2.27. The lowest BCUT2D eigenvalue weighted by molar-refractivity contribution is 0.0949. The lowest BCUT2D eigenvalue weighted by Gasteiger charge is -2.18. The Morgan fingerprint density at radius 2 is 2.00 bits per heavy atom. The van der Waals surface area contributed by atoms with Crippen LogP contribution in [0.2, 0.25) is 0 Å². The fourth-order valence-corrected chi connectivity index (χ4v) is 1.85. The van der Waals surface area contributed by atoms with Gasteiger partial charge in [-0.1, -0.05) is 42.8 Å². The minimum absolute atomic E-state index is 0.00745. The van der Waals surface area contributed by atoms with Crippen LogP contribution in [0.15, 0.2) is 22.7 Å². The van der Waals surface area contributed by atoms with Gasteiger partial charge in [-0.3, -0.25) is 4.79 Å². The highest BCUT2D eigenvalue weighted by Gasteiger charge is 2.12. The van der Waals surface area contributed by atoms with Crippen molar-refractivity contribution in [3.8, 4) is 0 Å². The van der Waals surface area contributed by atoms with E-state index in [4.69, 9.17) is 0 Å². The van der Waals surface area contributed by atoms with Gasteiger partial charge >= 0.3 is 0 Å². The van der Waals surface area contributed by atoms with Crippen LogP contribution in [0.1, 0.15) is 43.1 Å². The van der Waals surface area contributed by atoms with Crippen LogP contribution >= 0.6 is 15.9 Å². The van der Waals surface area contributed by atoms with Gasteiger partial charge in [0, 0.05) is 16.6 Å². The van der Waals surface area contributed by atoms with E-state index in [1.54, 1.807) is 0 Å². The average Bonchev–Trinajstić information content (AvgIpc) is 2.19. The van der Waals surface area contributed by atoms with E-state index < -0.39 is 0 Å². The Kier molecular flexibility index (Phi) is 4.75. The fourth-order valence-electron chi connectivity index (χ4n) is 1.49. The Labute approximate surface area is 112 Å². The number of amides is 1. The van der Waals surface area contributed by atoms with Crippen LogP contribution in [0.3, 0.4) is 0 Å². The topological polar surface area (TPSA) is 29.1 Å². The normalized spacial score (nSPS) is 11.4. The monoisotopic (exact) mass is 297 g/mol. The largest absolute Gasteiger partial charge is 0.352 e. The molecule has 0 atom stereocenters. The van der Waals surface area contributed by atoms with Crippen LogP contribution in [0.5, 0.6) is 0 Å². The van der Waals surface area contributed by atoms with Crippen LogP contribution < -0.4 is 5.32 Å². The Morgan fingerprint density at radius 3 is 2.59 bits per heavy atom. The van der Waals surface area contributed by atoms with Crippen molar-refractivity contribution in [3.05, 3.63) is 33.8 Å². The summed E-state index contributed by atoms with van der Waals surface area (Å²) in [7, 11) is 0. The van der Waals surface area contributed by atoms with Crippen LogP contribution in [0, 0.1) is 12.3 Å². The van der Waals surface area contributed by atoms with Crippen LogP contribution in [0.25, 0.3) is 0 Å². The van der Waals surface area contributed by atoms with Gasteiger partial charge in [0.1, 0.15) is 0 Å². The molecule has 3 heteroatoms. The Balaban J connectivity index is 2.61. The molecule has 94 valence electrons. The molecule has 17 heavy (non-hydrogen) atoms. The highest BCUT2D eigenvalue weighted by atomic mass is 79.9. The third-order valence-electron chi connectivity index (χ3n) is 2.60. The zero-order valence-electron chi connectivity index (χ0n) is 10.9. The van der Waals surface area contributed by atoms with Gasteiger partial charge in [0.2, 0.25) is 0 Å². The van der Waals surface area contributed by atoms with E-state index in [-0.39, 0.29) is 11.3 Å². The Hall–Kier alpha value is -0.830. The van der Waals surface area contributed by atoms with Gasteiger partial charge < -0.3 is 5.32 Å². The molecule has 0 saturated heterocycles. The van der Waals surface area contributed by atoms with Crippen molar-refractivity contribution in [1.29, 1.82) is 0 Å². The van der Waals surface area contributed by atoms with Crippen LogP contribution in [0.4, 0.5) is 0 Å². The molecule has 0 aliphatic carbocycles. The van der Waals surface area contributed by atoms with Gasteiger partial charge in [-0.25, -0.2) is 0 Å². The summed E-state index contributed by atoms with van der Waals surface area (Å²) in [6.45, 7) is 9.18. The number of benzene rings is 1. The molecule has 1 aromatic rings. The second-order valence-corrected chi connectivity index (χ2v) is 6.44. The van der Waals surface area contributed by atoms with E-state index in [0.717, 1.165) is 22.0 Å². The Bertz CT molecular complexity index is 407. The molecule has 0 heterocycles. The summed E-state index contributed by atoms with van der Waals surface area (Å²) in [4.78, 5) is 12.0. The first-order chi connectivity index (χ1) is 7.79. The lowest BCUT2D eigenvalue weighted by atomic mass is 9.92. The molecule has 1 aromatic carbocycles. The highest BCUT2D eigenvalue weighted by Crippen LogP contribution is 2.18. The molecule has 0 radical (unpaired) electrons. The molecule has 0 fully saturated rings. The summed E-state index contributed by atoms with van der Waals surface area (Å²) in [5.41, 5.74) is 1.99. The standard InChI is InChI=1S/C14H20BrNO/c1-10-5-6-11(15)9-12(10)13(17)16-8-7-14(2,3)4/h5-6,9H,7-8H2,1-4H3,(H,16,17). The van der Waals surface area contributed by atoms with Gasteiger partial charge in [-0.15, -0.1) is 0 Å². The van der Waals surface area contributed by atoms with Gasteiger partial charge in [0.25, 0.3) is 5.91 Å². The SMILES string of the molecule is Cc1ccc(Br)cc1C(=O)NCCC(C)(C)C. The van der Waals surface area contributed by atoms with Crippen molar-refractivity contribution in [2.45, 2.75) is 34.1 Å². The smallest absolute Gasteiger partial charge is 0.251 e. The first-order valence-corrected chi connectivity index (χ1v) is 6.63. The molecule has 0 unspecified atom stereocenters. The summed E-state index contributed by atoms with van der Waals surface area (Å²) in [6, 6.07) is 5.76. The quantitative estimate of drug-likeness (QED) is 0.900. The van der Waals surface area contributed by atoms with E-state index in [0.29, 0.717) is 6.54 Å². The van der Waals surface area contributed by atoms with Crippen molar-refractivity contribution in [3.63, 3.8) is 0 Å². The number of aryl methyl sites for hydroxylation is 1. The van der Waals surface area contributed by atoms with E-state index in [1.807, 2.05) is 25.1 Å². The van der Waals surface area contributed by atoms with Crippen LogP contribution in [-0.4, -0.2) is 12.5 Å². The van der Waals surface area contributed by atoms with Gasteiger partial charge in [0.15, 0.2) is 0 Å². The second kappa shape index (κ2) is 5.67. The second-order valence-electron chi connectivity index (χ2n) is 5.53. The molecule has 0 saturated carbocycles. The fraction of sp³-hybridized carbons (Fsp3) is 0.500. The van der Waals surface area contributed by atoms with E-state index in [9.17, 15) is 4.79 Å². The van der Waals surface area contributed by atoms with Crippen molar-refractivity contribution < 1.29 is 4.79 Å². The zero-order chi connectivity index (χ0) is 13.1. The number of carbonyl (C=O) groups excluding carboxylic acids is 1. The maximum atomic E-state index is 12.0. The molecule has 0 bridgehead atoms. The molecular weight excluding hydrogens is 278 g/mol. The minimum atomic E-state index is 0.00745. The van der Waals surface area contributed by atoms with E-state index in [1.165, 1.54) is 0 Å². The van der Waals surface area contributed by atoms with E-state index >= 15 is 0 Å². The number of hydrogen-bond donors (Lipinski definition) is 1. The summed E-state index contributed by atoms with van der Waals surface area (Å²) >= 11 is 3.38. The number of rotatable bonds is 3. The molecule has 0 aromatic heterocycles. The third kappa shape index (κ3) is 4.90. The first-order valence-electron chi connectivity index (χ1n) is 5.84. The molecular formula is C14H20BrNO. The number of carbonyl (C=O) groups is 1. The predicted molar refractivity (Wildman–Crippen MR) is 75.3 cm³/mol. The molecule has 2 nitrogen and oxygen atoms in total. The third-order valence-corrected chi connectivity index (χ3v) is 3.10. The summed E-state index contributed by atoms with van der Waals surface area (Å²) in [5, 5.41) is 2.96. The number of halogens is 1. The first kappa shape index (κ1) is 14.2. The Morgan fingerprint density at radius 1 is 1.35 bits per heavy atom. The molecule has 1 rings (SSSR count). The van der Waals surface area contributed by atoms with Crippen molar-refractivity contribution >= 4 is 21.8 Å². The van der Waals surface area contributed by atoms with Gasteiger partial charge in [-0.2, -0.15) is 0 Å². The molecule has 1 amide bonds. The minimum Gasteiger partial charge on any atom is -0.352 e. The molecule has 0 spiro atoms. The number of hydrogen-bond acceptors (Lipinski definition) is 1.